The van der Waals surface area contributed by atoms with Gasteiger partial charge in [0.05, 0.1) is 18.5 Å². The summed E-state index contributed by atoms with van der Waals surface area (Å²) in [6, 6.07) is 10.8. The Hall–Kier alpha value is -1.86. The minimum Gasteiger partial charge on any atom is -0.319 e. The van der Waals surface area contributed by atoms with E-state index in [0.29, 0.717) is 6.54 Å². The van der Waals surface area contributed by atoms with Gasteiger partial charge in [-0.1, -0.05) is 39.0 Å². The van der Waals surface area contributed by atoms with E-state index < -0.39 is 6.04 Å². The van der Waals surface area contributed by atoms with Gasteiger partial charge in [0, 0.05) is 12.2 Å². The molecule has 0 bridgehead atoms. The average molecular weight is 259 g/mol. The lowest BCUT2D eigenvalue weighted by Crippen LogP contribution is -2.50. The lowest BCUT2D eigenvalue weighted by Gasteiger charge is -2.31. The van der Waals surface area contributed by atoms with Gasteiger partial charge in [-0.15, -0.1) is 0 Å². The Morgan fingerprint density at radius 3 is 2.42 bits per heavy atom. The van der Waals surface area contributed by atoms with Gasteiger partial charge in [-0.05, 0) is 17.5 Å². The second kappa shape index (κ2) is 6.35. The first kappa shape index (κ1) is 15.2. The number of nitrogens with two attached hydrogens (primary N) is 1. The van der Waals surface area contributed by atoms with Crippen LogP contribution in [0.5, 0.6) is 0 Å². The number of benzene rings is 1. The highest BCUT2D eigenvalue weighted by molar-refractivity contribution is 5.97. The molecule has 1 aromatic rings. The van der Waals surface area contributed by atoms with Crippen LogP contribution in [-0.2, 0) is 4.79 Å². The van der Waals surface area contributed by atoms with E-state index in [2.05, 4.69) is 6.07 Å². The first-order valence-corrected chi connectivity index (χ1v) is 6.37. The number of amides is 1. The molecular weight excluding hydrogens is 238 g/mol. The van der Waals surface area contributed by atoms with E-state index >= 15 is 0 Å². The summed E-state index contributed by atoms with van der Waals surface area (Å²) < 4.78 is 0. The molecule has 4 heteroatoms. The fourth-order valence-electron chi connectivity index (χ4n) is 1.67. The van der Waals surface area contributed by atoms with Crippen molar-refractivity contribution in [3.8, 4) is 6.07 Å². The lowest BCUT2D eigenvalue weighted by atomic mass is 9.86. The van der Waals surface area contributed by atoms with Crippen LogP contribution in [0.25, 0.3) is 0 Å². The van der Waals surface area contributed by atoms with Gasteiger partial charge in [0.15, 0.2) is 0 Å². The smallest absolute Gasteiger partial charge is 0.244 e. The van der Waals surface area contributed by atoms with Crippen LogP contribution < -0.4 is 10.6 Å². The number of carbonyl (C=O) groups excluding carboxylic acids is 1. The molecule has 1 rings (SSSR count). The van der Waals surface area contributed by atoms with Crippen molar-refractivity contribution in [2.45, 2.75) is 33.2 Å². The van der Waals surface area contributed by atoms with Crippen molar-refractivity contribution in [1.82, 2.24) is 0 Å². The summed E-state index contributed by atoms with van der Waals surface area (Å²) in [6.45, 7) is 6.16. The van der Waals surface area contributed by atoms with Gasteiger partial charge in [-0.3, -0.25) is 4.79 Å². The number of nitrogens with zero attached hydrogens (tertiary/aromatic N) is 2. The van der Waals surface area contributed by atoms with Crippen LogP contribution in [-0.4, -0.2) is 18.5 Å². The highest BCUT2D eigenvalue weighted by atomic mass is 16.2. The molecule has 0 aliphatic heterocycles. The van der Waals surface area contributed by atoms with Gasteiger partial charge in [0.1, 0.15) is 0 Å². The molecular formula is C15H21N3O. The third-order valence-corrected chi connectivity index (χ3v) is 2.98. The molecule has 102 valence electrons. The van der Waals surface area contributed by atoms with E-state index in [1.807, 2.05) is 51.1 Å². The van der Waals surface area contributed by atoms with Crippen LogP contribution in [0.15, 0.2) is 30.3 Å². The predicted molar refractivity (Wildman–Crippen MR) is 76.5 cm³/mol. The standard InChI is InChI=1S/C15H21N3O/c1-15(2,3)13(17)14(19)18(11-7-10-16)12-8-5-4-6-9-12/h4-6,8-9,13H,7,11,17H2,1-3H3/t13-/m1/s1. The Kier molecular flexibility index (Phi) is 5.08. The summed E-state index contributed by atoms with van der Waals surface area (Å²) in [6.07, 6.45) is 0.289. The van der Waals surface area contributed by atoms with Gasteiger partial charge in [0.2, 0.25) is 5.91 Å². The molecule has 0 aromatic heterocycles. The largest absolute Gasteiger partial charge is 0.319 e. The minimum atomic E-state index is -0.591. The van der Waals surface area contributed by atoms with Crippen LogP contribution in [0.1, 0.15) is 27.2 Å². The van der Waals surface area contributed by atoms with Crippen molar-refractivity contribution >= 4 is 11.6 Å². The Bertz CT molecular complexity index is 457. The first-order valence-electron chi connectivity index (χ1n) is 6.37. The number of anilines is 1. The van der Waals surface area contributed by atoms with Gasteiger partial charge in [0.25, 0.3) is 0 Å². The molecule has 1 aromatic carbocycles. The predicted octanol–water partition coefficient (Wildman–Crippen LogP) is 2.31. The number of carbonyl (C=O) groups is 1. The molecule has 2 N–H and O–H groups in total. The molecule has 19 heavy (non-hydrogen) atoms. The van der Waals surface area contributed by atoms with Crippen molar-refractivity contribution in [2.24, 2.45) is 11.1 Å². The number of hydrogen-bond donors (Lipinski definition) is 1. The van der Waals surface area contributed by atoms with Gasteiger partial charge >= 0.3 is 0 Å². The maximum Gasteiger partial charge on any atom is 0.244 e. The second-order valence-corrected chi connectivity index (χ2v) is 5.58. The maximum absolute atomic E-state index is 12.5. The molecule has 0 aliphatic rings. The molecule has 1 amide bonds. The molecule has 0 saturated carbocycles. The van der Waals surface area contributed by atoms with Crippen LogP contribution in [0.4, 0.5) is 5.69 Å². The molecule has 0 saturated heterocycles. The van der Waals surface area contributed by atoms with Gasteiger partial charge < -0.3 is 10.6 Å². The SMILES string of the molecule is CC(C)(C)[C@H](N)C(=O)N(CCC#N)c1ccccc1. The fourth-order valence-corrected chi connectivity index (χ4v) is 1.67. The third-order valence-electron chi connectivity index (χ3n) is 2.98. The monoisotopic (exact) mass is 259 g/mol. The molecule has 0 unspecified atom stereocenters. The van der Waals surface area contributed by atoms with Crippen molar-refractivity contribution in [3.05, 3.63) is 30.3 Å². The molecule has 0 spiro atoms. The normalized spacial score (nSPS) is 12.6. The molecule has 0 fully saturated rings. The Balaban J connectivity index is 2.99. The van der Waals surface area contributed by atoms with E-state index in [9.17, 15) is 4.79 Å². The summed E-state index contributed by atoms with van der Waals surface area (Å²) >= 11 is 0. The quantitative estimate of drug-likeness (QED) is 0.902. The van der Waals surface area contributed by atoms with E-state index in [4.69, 9.17) is 11.0 Å². The van der Waals surface area contributed by atoms with E-state index in [1.165, 1.54) is 0 Å². The molecule has 4 nitrogen and oxygen atoms in total. The van der Waals surface area contributed by atoms with Crippen molar-refractivity contribution in [2.75, 3.05) is 11.4 Å². The first-order chi connectivity index (χ1) is 8.88. The zero-order chi connectivity index (χ0) is 14.5. The van der Waals surface area contributed by atoms with E-state index in [-0.39, 0.29) is 17.7 Å². The van der Waals surface area contributed by atoms with E-state index in [1.54, 1.807) is 4.90 Å². The summed E-state index contributed by atoms with van der Waals surface area (Å²) in [5, 5.41) is 8.72. The topological polar surface area (TPSA) is 70.1 Å². The fraction of sp³-hybridized carbons (Fsp3) is 0.467. The Labute approximate surface area is 114 Å². The van der Waals surface area contributed by atoms with Crippen molar-refractivity contribution in [3.63, 3.8) is 0 Å². The highest BCUT2D eigenvalue weighted by Gasteiger charge is 2.31. The Morgan fingerprint density at radius 1 is 1.37 bits per heavy atom. The number of rotatable bonds is 4. The van der Waals surface area contributed by atoms with Gasteiger partial charge in [-0.25, -0.2) is 0 Å². The number of nitriles is 1. The third kappa shape index (κ3) is 4.08. The molecule has 0 heterocycles. The summed E-state index contributed by atoms with van der Waals surface area (Å²) in [5.41, 5.74) is 6.50. The summed E-state index contributed by atoms with van der Waals surface area (Å²) in [4.78, 5) is 14.1. The van der Waals surface area contributed by atoms with Crippen molar-refractivity contribution in [1.29, 1.82) is 5.26 Å². The number of para-hydroxylation sites is 1. The average Bonchev–Trinajstić information content (AvgIpc) is 2.38. The van der Waals surface area contributed by atoms with Gasteiger partial charge in [-0.2, -0.15) is 5.26 Å². The maximum atomic E-state index is 12.5. The van der Waals surface area contributed by atoms with E-state index in [0.717, 1.165) is 5.69 Å². The van der Waals surface area contributed by atoms with Crippen LogP contribution >= 0.6 is 0 Å². The molecule has 0 aliphatic carbocycles. The van der Waals surface area contributed by atoms with Crippen LogP contribution in [0.3, 0.4) is 0 Å². The van der Waals surface area contributed by atoms with Crippen LogP contribution in [0, 0.1) is 16.7 Å². The second-order valence-electron chi connectivity index (χ2n) is 5.58. The van der Waals surface area contributed by atoms with Crippen molar-refractivity contribution < 1.29 is 4.79 Å². The van der Waals surface area contributed by atoms with Crippen LogP contribution in [0.2, 0.25) is 0 Å². The minimum absolute atomic E-state index is 0.144. The summed E-state index contributed by atoms with van der Waals surface area (Å²) in [7, 11) is 0. The Morgan fingerprint density at radius 2 is 1.95 bits per heavy atom. The number of hydrogen-bond acceptors (Lipinski definition) is 3. The zero-order valence-corrected chi connectivity index (χ0v) is 11.8. The summed E-state index contributed by atoms with van der Waals surface area (Å²) in [5.74, 6) is -0.144. The molecule has 1 atom stereocenters. The zero-order valence-electron chi connectivity index (χ0n) is 11.8. The lowest BCUT2D eigenvalue weighted by molar-refractivity contribution is -0.121. The highest BCUT2D eigenvalue weighted by Crippen LogP contribution is 2.22. The molecule has 0 radical (unpaired) electrons.